The van der Waals surface area contributed by atoms with Crippen molar-refractivity contribution in [2.24, 2.45) is 5.73 Å². The first kappa shape index (κ1) is 13.7. The van der Waals surface area contributed by atoms with Gasteiger partial charge in [0.05, 0.1) is 11.4 Å². The van der Waals surface area contributed by atoms with Crippen LogP contribution in [0.3, 0.4) is 0 Å². The Kier molecular flexibility index (Phi) is 4.24. The summed E-state index contributed by atoms with van der Waals surface area (Å²) >= 11 is 0. The Labute approximate surface area is 99.8 Å². The first-order valence-corrected chi connectivity index (χ1v) is 6.62. The smallest absolute Gasteiger partial charge is 0.244 e. The first-order chi connectivity index (χ1) is 7.84. The number of nitrogens with zero attached hydrogens (tertiary/aromatic N) is 1. The number of nitrogens with one attached hydrogen (secondary N) is 2. The van der Waals surface area contributed by atoms with Crippen LogP contribution < -0.4 is 10.5 Å². The number of primary amides is 1. The third-order valence-corrected chi connectivity index (χ3v) is 3.94. The molecular formula is C9H16N4O3S. The average molecular weight is 260 g/mol. The number of nitrogens with two attached hydrogens (primary N) is 1. The molecular weight excluding hydrogens is 244 g/mol. The van der Waals surface area contributed by atoms with Crippen LogP contribution >= 0.6 is 0 Å². The minimum atomic E-state index is -3.57. The minimum Gasteiger partial charge on any atom is -0.370 e. The van der Waals surface area contributed by atoms with E-state index in [9.17, 15) is 13.2 Å². The summed E-state index contributed by atoms with van der Waals surface area (Å²) in [6.45, 7) is 3.43. The average Bonchev–Trinajstić information content (AvgIpc) is 2.53. The van der Waals surface area contributed by atoms with E-state index in [0.29, 0.717) is 17.8 Å². The molecule has 0 atom stereocenters. The number of amides is 1. The molecule has 0 fully saturated rings. The van der Waals surface area contributed by atoms with Crippen molar-refractivity contribution in [2.45, 2.75) is 31.6 Å². The zero-order chi connectivity index (χ0) is 13.1. The van der Waals surface area contributed by atoms with Gasteiger partial charge in [-0.1, -0.05) is 0 Å². The second-order valence-corrected chi connectivity index (χ2v) is 5.43. The number of carbonyl (C=O) groups is 1. The van der Waals surface area contributed by atoms with E-state index in [2.05, 4.69) is 14.9 Å². The molecule has 0 bridgehead atoms. The molecule has 0 aromatic carbocycles. The normalized spacial score (nSPS) is 11.6. The predicted molar refractivity (Wildman–Crippen MR) is 61.7 cm³/mol. The predicted octanol–water partition coefficient (Wildman–Crippen LogP) is -0.430. The number of sulfonamides is 1. The number of carbonyl (C=O) groups excluding carboxylic acids is 1. The highest BCUT2D eigenvalue weighted by atomic mass is 32.2. The van der Waals surface area contributed by atoms with E-state index in [4.69, 9.17) is 5.73 Å². The Morgan fingerprint density at radius 1 is 1.47 bits per heavy atom. The van der Waals surface area contributed by atoms with Crippen LogP contribution in [0.4, 0.5) is 0 Å². The highest BCUT2D eigenvalue weighted by molar-refractivity contribution is 7.89. The lowest BCUT2D eigenvalue weighted by atomic mass is 10.3. The quantitative estimate of drug-likeness (QED) is 0.601. The van der Waals surface area contributed by atoms with Crippen LogP contribution in [0.15, 0.2) is 4.90 Å². The van der Waals surface area contributed by atoms with Crippen molar-refractivity contribution in [1.29, 1.82) is 0 Å². The minimum absolute atomic E-state index is 0.159. The van der Waals surface area contributed by atoms with Crippen molar-refractivity contribution in [3.63, 3.8) is 0 Å². The molecule has 8 heteroatoms. The highest BCUT2D eigenvalue weighted by Gasteiger charge is 2.21. The van der Waals surface area contributed by atoms with Crippen LogP contribution in [-0.2, 0) is 14.8 Å². The molecule has 0 saturated heterocycles. The number of H-pyrrole nitrogens is 1. The van der Waals surface area contributed by atoms with Crippen LogP contribution in [0.5, 0.6) is 0 Å². The van der Waals surface area contributed by atoms with Crippen LogP contribution in [0, 0.1) is 13.8 Å². The zero-order valence-electron chi connectivity index (χ0n) is 9.78. The molecule has 0 aliphatic rings. The maximum atomic E-state index is 11.9. The summed E-state index contributed by atoms with van der Waals surface area (Å²) in [4.78, 5) is 10.7. The van der Waals surface area contributed by atoms with Crippen molar-refractivity contribution in [1.82, 2.24) is 14.9 Å². The second-order valence-electron chi connectivity index (χ2n) is 3.73. The maximum absolute atomic E-state index is 11.9. The molecule has 0 unspecified atom stereocenters. The molecule has 0 spiro atoms. The van der Waals surface area contributed by atoms with Gasteiger partial charge in [0.2, 0.25) is 15.9 Å². The molecule has 1 rings (SSSR count). The molecule has 1 amide bonds. The van der Waals surface area contributed by atoms with Crippen molar-refractivity contribution < 1.29 is 13.2 Å². The van der Waals surface area contributed by atoms with Gasteiger partial charge in [-0.15, -0.1) is 0 Å². The summed E-state index contributed by atoms with van der Waals surface area (Å²) in [6.07, 6.45) is 0.538. The molecule has 0 radical (unpaired) electrons. The zero-order valence-corrected chi connectivity index (χ0v) is 10.6. The number of hydrogen-bond donors (Lipinski definition) is 3. The largest absolute Gasteiger partial charge is 0.370 e. The Morgan fingerprint density at radius 3 is 2.59 bits per heavy atom. The molecule has 1 heterocycles. The number of rotatable bonds is 6. The lowest BCUT2D eigenvalue weighted by molar-refractivity contribution is -0.118. The van der Waals surface area contributed by atoms with E-state index in [0.717, 1.165) is 0 Å². The van der Waals surface area contributed by atoms with Gasteiger partial charge < -0.3 is 5.73 Å². The topological polar surface area (TPSA) is 118 Å². The third kappa shape index (κ3) is 3.53. The summed E-state index contributed by atoms with van der Waals surface area (Å²) in [5.41, 5.74) is 5.87. The van der Waals surface area contributed by atoms with E-state index in [1.807, 2.05) is 0 Å². The van der Waals surface area contributed by atoms with Crippen molar-refractivity contribution in [3.05, 3.63) is 11.4 Å². The molecule has 1 aromatic rings. The van der Waals surface area contributed by atoms with Crippen LogP contribution in [0.2, 0.25) is 0 Å². The Morgan fingerprint density at radius 2 is 2.12 bits per heavy atom. The number of aryl methyl sites for hydroxylation is 2. The Bertz CT molecular complexity index is 487. The van der Waals surface area contributed by atoms with Crippen molar-refractivity contribution in [2.75, 3.05) is 6.54 Å². The SMILES string of the molecule is Cc1n[nH]c(C)c1S(=O)(=O)NCCCC(N)=O. The molecule has 1 aromatic heterocycles. The summed E-state index contributed by atoms with van der Waals surface area (Å²) < 4.78 is 26.2. The van der Waals surface area contributed by atoms with Gasteiger partial charge in [-0.2, -0.15) is 5.10 Å². The molecule has 7 nitrogen and oxygen atoms in total. The fourth-order valence-electron chi connectivity index (χ4n) is 1.48. The third-order valence-electron chi connectivity index (χ3n) is 2.22. The highest BCUT2D eigenvalue weighted by Crippen LogP contribution is 2.15. The fraction of sp³-hybridized carbons (Fsp3) is 0.556. The number of aromatic amines is 1. The lowest BCUT2D eigenvalue weighted by Gasteiger charge is -2.05. The molecule has 4 N–H and O–H groups in total. The number of hydrogen-bond acceptors (Lipinski definition) is 4. The van der Waals surface area contributed by atoms with Crippen LogP contribution in [-0.4, -0.2) is 31.1 Å². The van der Waals surface area contributed by atoms with E-state index < -0.39 is 15.9 Å². The van der Waals surface area contributed by atoms with Crippen molar-refractivity contribution in [3.8, 4) is 0 Å². The molecule has 96 valence electrons. The Hall–Kier alpha value is -1.41. The number of aromatic nitrogens is 2. The van der Waals surface area contributed by atoms with Gasteiger partial charge >= 0.3 is 0 Å². The maximum Gasteiger partial charge on any atom is 0.244 e. The Balaban J connectivity index is 2.67. The summed E-state index contributed by atoms with van der Waals surface area (Å²) in [5, 5.41) is 6.43. The standard InChI is InChI=1S/C9H16N4O3S/c1-6-9(7(2)13-12-6)17(15,16)11-5-3-4-8(10)14/h11H,3-5H2,1-2H3,(H2,10,14)(H,12,13). The van der Waals surface area contributed by atoms with E-state index in [1.165, 1.54) is 0 Å². The van der Waals surface area contributed by atoms with Crippen molar-refractivity contribution >= 4 is 15.9 Å². The second kappa shape index (κ2) is 5.28. The summed E-state index contributed by atoms with van der Waals surface area (Å²) in [5.74, 6) is -0.445. The van der Waals surface area contributed by atoms with E-state index in [1.54, 1.807) is 13.8 Å². The van der Waals surface area contributed by atoms with Crippen LogP contribution in [0.1, 0.15) is 24.2 Å². The van der Waals surface area contributed by atoms with E-state index >= 15 is 0 Å². The van der Waals surface area contributed by atoms with Gasteiger partial charge in [-0.25, -0.2) is 13.1 Å². The summed E-state index contributed by atoms with van der Waals surface area (Å²) in [6, 6.07) is 0. The van der Waals surface area contributed by atoms with Gasteiger partial charge in [0, 0.05) is 13.0 Å². The van der Waals surface area contributed by atoms with E-state index in [-0.39, 0.29) is 17.9 Å². The van der Waals surface area contributed by atoms with Crippen LogP contribution in [0.25, 0.3) is 0 Å². The van der Waals surface area contributed by atoms with Gasteiger partial charge in [0.15, 0.2) is 0 Å². The fourth-order valence-corrected chi connectivity index (χ4v) is 2.92. The van der Waals surface area contributed by atoms with Gasteiger partial charge in [-0.3, -0.25) is 9.89 Å². The molecule has 0 saturated carbocycles. The monoisotopic (exact) mass is 260 g/mol. The molecule has 0 aliphatic heterocycles. The molecule has 0 aliphatic carbocycles. The molecule has 17 heavy (non-hydrogen) atoms. The lowest BCUT2D eigenvalue weighted by Crippen LogP contribution is -2.26. The first-order valence-electron chi connectivity index (χ1n) is 5.14. The van der Waals surface area contributed by atoms with Gasteiger partial charge in [-0.05, 0) is 20.3 Å². The summed E-state index contributed by atoms with van der Waals surface area (Å²) in [7, 11) is -3.57. The van der Waals surface area contributed by atoms with Gasteiger partial charge in [0.1, 0.15) is 4.90 Å². The van der Waals surface area contributed by atoms with Gasteiger partial charge in [0.25, 0.3) is 0 Å².